The van der Waals surface area contributed by atoms with E-state index in [-0.39, 0.29) is 31.4 Å². The van der Waals surface area contributed by atoms with Crippen LogP contribution in [0.25, 0.3) is 11.0 Å². The quantitative estimate of drug-likeness (QED) is 0.343. The van der Waals surface area contributed by atoms with Crippen LogP contribution in [0.2, 0.25) is 0 Å². The smallest absolute Gasteiger partial charge is 0.247 e. The predicted molar refractivity (Wildman–Crippen MR) is 134 cm³/mol. The highest BCUT2D eigenvalue weighted by Gasteiger charge is 2.32. The van der Waals surface area contributed by atoms with Crippen molar-refractivity contribution in [3.8, 4) is 0 Å². The zero-order chi connectivity index (χ0) is 24.7. The summed E-state index contributed by atoms with van der Waals surface area (Å²) >= 11 is 0. The summed E-state index contributed by atoms with van der Waals surface area (Å²) in [4.78, 5) is 29.1. The molecule has 2 aromatic heterocycles. The molecule has 0 saturated heterocycles. The molecule has 0 spiro atoms. The number of hydrogen-bond donors (Lipinski definition) is 1. The number of fused-ring (bicyclic) bond motifs is 1. The summed E-state index contributed by atoms with van der Waals surface area (Å²) in [6, 6.07) is 29.1. The van der Waals surface area contributed by atoms with Crippen LogP contribution < -0.4 is 5.32 Å². The maximum Gasteiger partial charge on any atom is 0.247 e. The first-order chi connectivity index (χ1) is 17.7. The minimum absolute atomic E-state index is 0.0534. The molecule has 180 valence electrons. The fourth-order valence-electron chi connectivity index (χ4n) is 4.15. The van der Waals surface area contributed by atoms with Crippen LogP contribution >= 0.6 is 0 Å². The van der Waals surface area contributed by atoms with Gasteiger partial charge in [0.1, 0.15) is 23.9 Å². The Balaban J connectivity index is 1.49. The number of amides is 2. The van der Waals surface area contributed by atoms with Crippen LogP contribution in [0, 0.1) is 0 Å². The molecule has 2 heterocycles. The summed E-state index contributed by atoms with van der Waals surface area (Å²) in [5.41, 5.74) is 3.08. The summed E-state index contributed by atoms with van der Waals surface area (Å²) < 4.78 is 6.94. The number of para-hydroxylation sites is 1. The van der Waals surface area contributed by atoms with Gasteiger partial charge in [0.25, 0.3) is 0 Å². The van der Waals surface area contributed by atoms with E-state index in [1.54, 1.807) is 28.0 Å². The van der Waals surface area contributed by atoms with Crippen LogP contribution in [-0.4, -0.2) is 31.7 Å². The molecule has 0 bridgehead atoms. The zero-order valence-corrected chi connectivity index (χ0v) is 19.5. The molecule has 0 aliphatic heterocycles. The van der Waals surface area contributed by atoms with Gasteiger partial charge in [-0.2, -0.15) is 0 Å². The number of carbonyl (C=O) groups is 2. The molecular weight excluding hydrogens is 454 g/mol. The molecule has 1 atom stereocenters. The lowest BCUT2D eigenvalue weighted by Gasteiger charge is -2.31. The Labute approximate surface area is 208 Å². The van der Waals surface area contributed by atoms with Gasteiger partial charge < -0.3 is 14.6 Å². The third-order valence-corrected chi connectivity index (χ3v) is 5.91. The lowest BCUT2D eigenvalue weighted by Crippen LogP contribution is -2.44. The van der Waals surface area contributed by atoms with Crippen molar-refractivity contribution in [3.05, 3.63) is 120 Å². The van der Waals surface area contributed by atoms with Crippen LogP contribution in [0.3, 0.4) is 0 Å². The number of hydrogen-bond acceptors (Lipinski definition) is 5. The molecule has 8 nitrogen and oxygen atoms in total. The van der Waals surface area contributed by atoms with Crippen molar-refractivity contribution in [1.29, 1.82) is 0 Å². The largest absolute Gasteiger partial charge is 0.467 e. The monoisotopic (exact) mass is 479 g/mol. The number of carbonyl (C=O) groups excluding carboxylic acids is 2. The molecule has 3 aromatic carbocycles. The highest BCUT2D eigenvalue weighted by Crippen LogP contribution is 2.25. The summed E-state index contributed by atoms with van der Waals surface area (Å²) in [5.74, 6) is 0.0759. The summed E-state index contributed by atoms with van der Waals surface area (Å²) in [7, 11) is 0. The Morgan fingerprint density at radius 1 is 0.889 bits per heavy atom. The third kappa shape index (κ3) is 5.17. The number of aromatic nitrogens is 3. The molecular formula is C28H25N5O3. The second-order valence-electron chi connectivity index (χ2n) is 8.35. The van der Waals surface area contributed by atoms with Gasteiger partial charge in [0.2, 0.25) is 11.8 Å². The van der Waals surface area contributed by atoms with E-state index in [0.717, 1.165) is 11.1 Å². The molecule has 5 aromatic rings. The Morgan fingerprint density at radius 3 is 2.36 bits per heavy atom. The lowest BCUT2D eigenvalue weighted by molar-refractivity contribution is -0.142. The minimum Gasteiger partial charge on any atom is -0.467 e. The standard InChI is InChI=1S/C28H25N5O3/c34-26(20-33-25-16-8-7-15-24(25)30-31-33)32(19-21-10-3-1-4-11-21)27(22-12-5-2-6-13-22)28(35)29-18-23-14-9-17-36-23/h1-17,27H,18-20H2,(H,29,35)/t27-/m1/s1. The van der Waals surface area contributed by atoms with E-state index in [2.05, 4.69) is 15.6 Å². The Hall–Kier alpha value is -4.72. The fraction of sp³-hybridized carbons (Fsp3) is 0.143. The van der Waals surface area contributed by atoms with E-state index in [4.69, 9.17) is 4.42 Å². The lowest BCUT2D eigenvalue weighted by atomic mass is 10.0. The summed E-state index contributed by atoms with van der Waals surface area (Å²) in [6.07, 6.45) is 1.56. The van der Waals surface area contributed by atoms with E-state index in [1.165, 1.54) is 0 Å². The maximum atomic E-state index is 13.8. The van der Waals surface area contributed by atoms with E-state index in [1.807, 2.05) is 84.9 Å². The third-order valence-electron chi connectivity index (χ3n) is 5.91. The second-order valence-corrected chi connectivity index (χ2v) is 8.35. The fourth-order valence-corrected chi connectivity index (χ4v) is 4.15. The van der Waals surface area contributed by atoms with Crippen molar-refractivity contribution in [2.45, 2.75) is 25.7 Å². The SMILES string of the molecule is O=C(NCc1ccco1)[C@@H](c1ccccc1)N(Cc1ccccc1)C(=O)Cn1nnc2ccccc21. The van der Waals surface area contributed by atoms with Crippen LogP contribution in [-0.2, 0) is 29.2 Å². The Kier molecular flexibility index (Phi) is 6.84. The highest BCUT2D eigenvalue weighted by atomic mass is 16.3. The molecule has 0 unspecified atom stereocenters. The summed E-state index contributed by atoms with van der Waals surface area (Å²) in [6.45, 7) is 0.415. The topological polar surface area (TPSA) is 93.3 Å². The average molecular weight is 480 g/mol. The molecule has 8 heteroatoms. The van der Waals surface area contributed by atoms with Crippen LogP contribution in [0.5, 0.6) is 0 Å². The number of nitrogens with one attached hydrogen (secondary N) is 1. The summed E-state index contributed by atoms with van der Waals surface area (Å²) in [5, 5.41) is 11.3. The van der Waals surface area contributed by atoms with E-state index < -0.39 is 6.04 Å². The Bertz CT molecular complexity index is 1430. The van der Waals surface area contributed by atoms with Crippen molar-refractivity contribution in [3.63, 3.8) is 0 Å². The van der Waals surface area contributed by atoms with Gasteiger partial charge in [-0.3, -0.25) is 9.59 Å². The van der Waals surface area contributed by atoms with Crippen molar-refractivity contribution in [2.24, 2.45) is 0 Å². The zero-order valence-electron chi connectivity index (χ0n) is 19.5. The van der Waals surface area contributed by atoms with Crippen LogP contribution in [0.1, 0.15) is 22.9 Å². The van der Waals surface area contributed by atoms with Crippen molar-refractivity contribution >= 4 is 22.8 Å². The van der Waals surface area contributed by atoms with Crippen molar-refractivity contribution < 1.29 is 14.0 Å². The molecule has 5 rings (SSSR count). The molecule has 36 heavy (non-hydrogen) atoms. The van der Waals surface area contributed by atoms with E-state index >= 15 is 0 Å². The van der Waals surface area contributed by atoms with Crippen LogP contribution in [0.4, 0.5) is 0 Å². The molecule has 0 fully saturated rings. The number of nitrogens with zero attached hydrogens (tertiary/aromatic N) is 4. The number of rotatable bonds is 9. The number of furan rings is 1. The van der Waals surface area contributed by atoms with Gasteiger partial charge in [0.05, 0.1) is 18.3 Å². The van der Waals surface area contributed by atoms with Crippen LogP contribution in [0.15, 0.2) is 108 Å². The van der Waals surface area contributed by atoms with E-state index in [9.17, 15) is 9.59 Å². The van der Waals surface area contributed by atoms with Gasteiger partial charge in [-0.1, -0.05) is 78.0 Å². The molecule has 1 N–H and O–H groups in total. The molecule has 0 aliphatic rings. The van der Waals surface area contributed by atoms with E-state index in [0.29, 0.717) is 16.8 Å². The molecule has 2 amide bonds. The van der Waals surface area contributed by atoms with Gasteiger partial charge in [0.15, 0.2) is 0 Å². The predicted octanol–water partition coefficient (Wildman–Crippen LogP) is 4.11. The normalized spacial score (nSPS) is 11.8. The first kappa shape index (κ1) is 23.0. The first-order valence-corrected chi connectivity index (χ1v) is 11.7. The number of benzene rings is 3. The molecule has 0 radical (unpaired) electrons. The minimum atomic E-state index is -0.858. The molecule has 0 aliphatic carbocycles. The van der Waals surface area contributed by atoms with Crippen molar-refractivity contribution in [2.75, 3.05) is 0 Å². The molecule has 0 saturated carbocycles. The highest BCUT2D eigenvalue weighted by molar-refractivity contribution is 5.89. The Morgan fingerprint density at radius 2 is 1.61 bits per heavy atom. The average Bonchev–Trinajstić information content (AvgIpc) is 3.59. The second kappa shape index (κ2) is 10.7. The van der Waals surface area contributed by atoms with Gasteiger partial charge in [0, 0.05) is 6.54 Å². The van der Waals surface area contributed by atoms with Crippen molar-refractivity contribution in [1.82, 2.24) is 25.2 Å². The van der Waals surface area contributed by atoms with Gasteiger partial charge in [-0.05, 0) is 35.4 Å². The maximum absolute atomic E-state index is 13.8. The van der Waals surface area contributed by atoms with Gasteiger partial charge in [-0.15, -0.1) is 5.10 Å². The van der Waals surface area contributed by atoms with Gasteiger partial charge >= 0.3 is 0 Å². The van der Waals surface area contributed by atoms with Gasteiger partial charge in [-0.25, -0.2) is 4.68 Å². The first-order valence-electron chi connectivity index (χ1n) is 11.7.